The number of rotatable bonds is 1. The zero-order chi connectivity index (χ0) is 9.40. The third-order valence-corrected chi connectivity index (χ3v) is 1.32. The molecule has 65 valence electrons. The molecule has 1 radical (unpaired) electrons. The summed E-state index contributed by atoms with van der Waals surface area (Å²) in [5, 5.41) is 20.1. The van der Waals surface area contributed by atoms with Gasteiger partial charge in [-0.3, -0.25) is 13.4 Å². The summed E-state index contributed by atoms with van der Waals surface area (Å²) in [5.74, 6) is -0.159. The summed E-state index contributed by atoms with van der Waals surface area (Å²) in [5.41, 5.74) is 0.476. The number of hydrogen-bond acceptors (Lipinski definition) is 4. The standard InChI is InChI=1S/C4H4IN3O.BH2O2/c5-7-4(9)3-1-2-6-8-3;2-1-3/h1-2H,(H,6,8)(H,7,9);2-3H. The third-order valence-electron chi connectivity index (χ3n) is 0.831. The molecule has 1 rings (SSSR count). The maximum atomic E-state index is 10.7. The van der Waals surface area contributed by atoms with Gasteiger partial charge < -0.3 is 10.0 Å². The third kappa shape index (κ3) is 4.31. The van der Waals surface area contributed by atoms with Gasteiger partial charge in [0.25, 0.3) is 5.91 Å². The number of H-pyrrole nitrogens is 1. The molecule has 8 heteroatoms. The SMILES string of the molecule is O=C(NI)c1ccn[nH]1.O[B]O. The maximum Gasteiger partial charge on any atom is 0.482 e. The van der Waals surface area contributed by atoms with Crippen LogP contribution in [0.4, 0.5) is 0 Å². The van der Waals surface area contributed by atoms with Crippen LogP contribution in [0, 0.1) is 0 Å². The smallest absolute Gasteiger partial charge is 0.429 e. The summed E-state index contributed by atoms with van der Waals surface area (Å²) in [7, 11) is 0. The number of carbonyl (C=O) groups excluding carboxylic acids is 1. The first-order chi connectivity index (χ1) is 5.76. The van der Waals surface area contributed by atoms with Crippen LogP contribution >= 0.6 is 22.9 Å². The molecule has 1 heterocycles. The second-order valence-corrected chi connectivity index (χ2v) is 2.05. The summed E-state index contributed by atoms with van der Waals surface area (Å²) in [6.45, 7) is 0. The van der Waals surface area contributed by atoms with Crippen molar-refractivity contribution in [3.8, 4) is 0 Å². The van der Waals surface area contributed by atoms with Gasteiger partial charge in [0.1, 0.15) is 5.69 Å². The minimum Gasteiger partial charge on any atom is -0.429 e. The Kier molecular flexibility index (Phi) is 6.71. The zero-order valence-corrected chi connectivity index (χ0v) is 8.02. The number of nitrogens with zero attached hydrogens (tertiary/aromatic N) is 1. The molecule has 0 unspecified atom stereocenters. The van der Waals surface area contributed by atoms with Crippen LogP contribution in [0.5, 0.6) is 0 Å². The first kappa shape index (κ1) is 11.4. The molecule has 0 bridgehead atoms. The number of carbonyl (C=O) groups is 1. The summed E-state index contributed by atoms with van der Waals surface area (Å²) < 4.78 is 2.43. The predicted molar refractivity (Wildman–Crippen MR) is 50.3 cm³/mol. The van der Waals surface area contributed by atoms with Gasteiger partial charge in [-0.1, -0.05) is 0 Å². The minimum atomic E-state index is -0.159. The van der Waals surface area contributed by atoms with E-state index in [9.17, 15) is 4.79 Å². The molecule has 4 N–H and O–H groups in total. The molecule has 6 nitrogen and oxygen atoms in total. The second kappa shape index (κ2) is 7.07. The number of amides is 1. The van der Waals surface area contributed by atoms with Crippen molar-refractivity contribution in [2.24, 2.45) is 0 Å². The zero-order valence-electron chi connectivity index (χ0n) is 5.86. The van der Waals surface area contributed by atoms with Crippen LogP contribution in [0.2, 0.25) is 0 Å². The number of hydrogen-bond donors (Lipinski definition) is 4. The van der Waals surface area contributed by atoms with Crippen molar-refractivity contribution in [3.63, 3.8) is 0 Å². The lowest BCUT2D eigenvalue weighted by molar-refractivity contribution is 0.0985. The molecule has 0 aliphatic carbocycles. The number of nitrogens with one attached hydrogen (secondary N) is 2. The lowest BCUT2D eigenvalue weighted by atomic mass is 10.4. The molecular weight excluding hydrogens is 276 g/mol. The van der Waals surface area contributed by atoms with E-state index < -0.39 is 0 Å². The average Bonchev–Trinajstić information content (AvgIpc) is 2.56. The Bertz CT molecular complexity index is 217. The topological polar surface area (TPSA) is 98.2 Å². The molecule has 1 aromatic heterocycles. The van der Waals surface area contributed by atoms with Gasteiger partial charge in [0.2, 0.25) is 0 Å². The summed E-state index contributed by atoms with van der Waals surface area (Å²) in [6, 6.07) is 1.61. The molecule has 0 aliphatic rings. The Hall–Kier alpha value is -0.605. The number of aromatic amines is 1. The largest absolute Gasteiger partial charge is 0.482 e. The Balaban J connectivity index is 0.000000354. The predicted octanol–water partition coefficient (Wildman–Crippen LogP) is -1.01. The molecule has 0 saturated carbocycles. The first-order valence-corrected chi connectivity index (χ1v) is 3.84. The van der Waals surface area contributed by atoms with Gasteiger partial charge in [-0.15, -0.1) is 0 Å². The number of aromatic nitrogens is 2. The van der Waals surface area contributed by atoms with Crippen molar-refractivity contribution in [3.05, 3.63) is 18.0 Å². The van der Waals surface area contributed by atoms with E-state index in [4.69, 9.17) is 10.0 Å². The molecule has 0 aromatic carbocycles. The monoisotopic (exact) mass is 282 g/mol. The highest BCUT2D eigenvalue weighted by atomic mass is 127. The Morgan fingerprint density at radius 1 is 1.75 bits per heavy atom. The van der Waals surface area contributed by atoms with E-state index >= 15 is 0 Å². The van der Waals surface area contributed by atoms with E-state index in [0.717, 1.165) is 0 Å². The van der Waals surface area contributed by atoms with Gasteiger partial charge in [-0.25, -0.2) is 0 Å². The summed E-state index contributed by atoms with van der Waals surface area (Å²) >= 11 is 1.77. The van der Waals surface area contributed by atoms with Gasteiger partial charge in [-0.2, -0.15) is 5.10 Å². The molecule has 12 heavy (non-hydrogen) atoms. The molecule has 1 amide bonds. The van der Waals surface area contributed by atoms with Gasteiger partial charge in [0.15, 0.2) is 0 Å². The summed E-state index contributed by atoms with van der Waals surface area (Å²) in [6.07, 6.45) is 1.53. The number of halogens is 1. The Morgan fingerprint density at radius 3 is 2.67 bits per heavy atom. The average molecular weight is 282 g/mol. The summed E-state index contributed by atoms with van der Waals surface area (Å²) in [4.78, 5) is 10.7. The van der Waals surface area contributed by atoms with E-state index in [2.05, 4.69) is 13.7 Å². The van der Waals surface area contributed by atoms with Gasteiger partial charge in [0, 0.05) is 6.20 Å². The second-order valence-electron chi connectivity index (χ2n) is 1.51. The maximum absolute atomic E-state index is 10.7. The highest BCUT2D eigenvalue weighted by molar-refractivity contribution is 14.1. The molecule has 0 atom stereocenters. The Morgan fingerprint density at radius 2 is 2.33 bits per heavy atom. The van der Waals surface area contributed by atoms with Gasteiger partial charge in [-0.05, 0) is 6.07 Å². The highest BCUT2D eigenvalue weighted by Crippen LogP contribution is 1.91. The van der Waals surface area contributed by atoms with Crippen molar-refractivity contribution >= 4 is 36.5 Å². The molecule has 1 aromatic rings. The van der Waals surface area contributed by atoms with Crippen molar-refractivity contribution in [2.45, 2.75) is 0 Å². The fraction of sp³-hybridized carbons (Fsp3) is 0. The van der Waals surface area contributed by atoms with Crippen molar-refractivity contribution < 1.29 is 14.8 Å². The van der Waals surface area contributed by atoms with Crippen molar-refractivity contribution in [1.82, 2.24) is 13.7 Å². The molecular formula is C4H6BIN3O3. The van der Waals surface area contributed by atoms with E-state index in [1.54, 1.807) is 28.9 Å². The van der Waals surface area contributed by atoms with Crippen LogP contribution in [0.3, 0.4) is 0 Å². The van der Waals surface area contributed by atoms with Crippen LogP contribution in [0.15, 0.2) is 12.3 Å². The van der Waals surface area contributed by atoms with Crippen LogP contribution < -0.4 is 3.53 Å². The highest BCUT2D eigenvalue weighted by Gasteiger charge is 2.01. The molecule has 0 aliphatic heterocycles. The van der Waals surface area contributed by atoms with E-state index in [1.807, 2.05) is 0 Å². The van der Waals surface area contributed by atoms with E-state index in [-0.39, 0.29) is 13.6 Å². The van der Waals surface area contributed by atoms with E-state index in [1.165, 1.54) is 6.20 Å². The van der Waals surface area contributed by atoms with Crippen molar-refractivity contribution in [1.29, 1.82) is 0 Å². The molecule has 0 saturated heterocycles. The van der Waals surface area contributed by atoms with Crippen LogP contribution in [-0.2, 0) is 0 Å². The van der Waals surface area contributed by atoms with Gasteiger partial charge >= 0.3 is 7.69 Å². The normalized spacial score (nSPS) is 7.92. The lowest BCUT2D eigenvalue weighted by Gasteiger charge is -1.88. The molecule has 0 fully saturated rings. The first-order valence-electron chi connectivity index (χ1n) is 2.76. The van der Waals surface area contributed by atoms with E-state index in [0.29, 0.717) is 5.69 Å². The fourth-order valence-corrected chi connectivity index (χ4v) is 0.724. The minimum absolute atomic E-state index is 0. The Labute approximate surface area is 83.2 Å². The quantitative estimate of drug-likeness (QED) is 0.301. The van der Waals surface area contributed by atoms with Crippen molar-refractivity contribution in [2.75, 3.05) is 0 Å². The lowest BCUT2D eigenvalue weighted by Crippen LogP contribution is -2.11. The van der Waals surface area contributed by atoms with Gasteiger partial charge in [0.05, 0.1) is 22.9 Å². The molecule has 0 spiro atoms. The van der Waals surface area contributed by atoms with Crippen LogP contribution in [0.1, 0.15) is 10.5 Å². The van der Waals surface area contributed by atoms with Crippen LogP contribution in [0.25, 0.3) is 0 Å². The van der Waals surface area contributed by atoms with Crippen LogP contribution in [-0.4, -0.2) is 33.8 Å². The fourth-order valence-electron chi connectivity index (χ4n) is 0.433.